The van der Waals surface area contributed by atoms with Gasteiger partial charge in [0.25, 0.3) is 0 Å². The van der Waals surface area contributed by atoms with Gasteiger partial charge in [-0.25, -0.2) is 0 Å². The first-order valence-corrected chi connectivity index (χ1v) is 8.85. The van der Waals surface area contributed by atoms with Crippen molar-refractivity contribution in [2.45, 2.75) is 6.61 Å². The quantitative estimate of drug-likeness (QED) is 0.529. The number of rotatable bonds is 7. The number of anilines is 1. The number of ketones is 1. The molecule has 2 aromatic carbocycles. The third kappa shape index (κ3) is 5.07. The molecule has 0 bridgehead atoms. The van der Waals surface area contributed by atoms with Crippen LogP contribution in [0.15, 0.2) is 48.5 Å². The minimum Gasteiger partial charge on any atom is -0.493 e. The molecule has 148 valence electrons. The summed E-state index contributed by atoms with van der Waals surface area (Å²) in [5, 5.41) is 0. The maximum absolute atomic E-state index is 12.4. The van der Waals surface area contributed by atoms with E-state index in [1.54, 1.807) is 24.3 Å². The molecule has 1 heterocycles. The highest BCUT2D eigenvalue weighted by Gasteiger charge is 2.12. The molecule has 1 fully saturated rings. The topological polar surface area (TPSA) is 48.0 Å². The molecule has 0 radical (unpaired) electrons. The van der Waals surface area contributed by atoms with Crippen LogP contribution in [0.3, 0.4) is 0 Å². The van der Waals surface area contributed by atoms with Crippen LogP contribution in [0, 0.1) is 0 Å². The molecule has 2 aromatic rings. The van der Waals surface area contributed by atoms with Gasteiger partial charge in [0.05, 0.1) is 20.3 Å². The number of benzene rings is 2. The standard InChI is InChI=1S/C21H21F2NO4/c1-26-20-14-15(3-9-19(20)28-21(22)23)2-8-18(25)16-4-6-17(7-5-16)24-10-12-27-13-11-24/h2-9,14,21H,10-13H2,1H3. The van der Waals surface area contributed by atoms with Crippen molar-refractivity contribution in [1.29, 1.82) is 0 Å². The Morgan fingerprint density at radius 2 is 1.82 bits per heavy atom. The van der Waals surface area contributed by atoms with E-state index in [4.69, 9.17) is 9.47 Å². The van der Waals surface area contributed by atoms with Crippen molar-refractivity contribution in [3.8, 4) is 11.5 Å². The van der Waals surface area contributed by atoms with E-state index in [2.05, 4.69) is 9.64 Å². The largest absolute Gasteiger partial charge is 0.493 e. The molecule has 3 rings (SSSR count). The fraction of sp³-hybridized carbons (Fsp3) is 0.286. The average molecular weight is 389 g/mol. The molecule has 1 aliphatic heterocycles. The Hall–Kier alpha value is -2.93. The van der Waals surface area contributed by atoms with Crippen LogP contribution in [0.25, 0.3) is 6.08 Å². The SMILES string of the molecule is COc1cc(C=CC(=O)c2ccc(N3CCOCC3)cc2)ccc1OC(F)F. The van der Waals surface area contributed by atoms with Crippen LogP contribution < -0.4 is 14.4 Å². The van der Waals surface area contributed by atoms with Gasteiger partial charge in [-0.05, 0) is 48.0 Å². The Bertz CT molecular complexity index is 831. The van der Waals surface area contributed by atoms with Gasteiger partial charge in [0.2, 0.25) is 0 Å². The summed E-state index contributed by atoms with van der Waals surface area (Å²) in [7, 11) is 1.36. The van der Waals surface area contributed by atoms with E-state index in [0.29, 0.717) is 24.3 Å². The Labute approximate surface area is 162 Å². The molecule has 0 aliphatic carbocycles. The van der Waals surface area contributed by atoms with Gasteiger partial charge in [0.1, 0.15) is 0 Å². The molecule has 0 N–H and O–H groups in total. The minimum atomic E-state index is -2.93. The lowest BCUT2D eigenvalue weighted by atomic mass is 10.1. The van der Waals surface area contributed by atoms with Crippen molar-refractivity contribution < 1.29 is 27.8 Å². The van der Waals surface area contributed by atoms with Gasteiger partial charge in [-0.3, -0.25) is 4.79 Å². The highest BCUT2D eigenvalue weighted by molar-refractivity contribution is 6.07. The fourth-order valence-electron chi connectivity index (χ4n) is 2.91. The molecule has 28 heavy (non-hydrogen) atoms. The molecule has 0 aromatic heterocycles. The summed E-state index contributed by atoms with van der Waals surface area (Å²) in [5.74, 6) is -0.0372. The molecule has 5 nitrogen and oxygen atoms in total. The maximum atomic E-state index is 12.4. The predicted molar refractivity (Wildman–Crippen MR) is 102 cm³/mol. The van der Waals surface area contributed by atoms with E-state index < -0.39 is 6.61 Å². The lowest BCUT2D eigenvalue weighted by molar-refractivity contribution is -0.0512. The lowest BCUT2D eigenvalue weighted by Crippen LogP contribution is -2.36. The molecule has 1 saturated heterocycles. The second-order valence-corrected chi connectivity index (χ2v) is 6.13. The second-order valence-electron chi connectivity index (χ2n) is 6.13. The molecule has 0 spiro atoms. The molecule has 7 heteroatoms. The predicted octanol–water partition coefficient (Wildman–Crippen LogP) is 4.03. The summed E-state index contributed by atoms with van der Waals surface area (Å²) in [4.78, 5) is 14.6. The van der Waals surface area contributed by atoms with E-state index in [0.717, 1.165) is 18.8 Å². The maximum Gasteiger partial charge on any atom is 0.387 e. The third-order valence-electron chi connectivity index (χ3n) is 4.36. The number of allylic oxidation sites excluding steroid dienone is 1. The molecule has 0 amide bonds. The monoisotopic (exact) mass is 389 g/mol. The van der Waals surface area contributed by atoms with E-state index in [1.165, 1.54) is 25.3 Å². The molecule has 0 saturated carbocycles. The van der Waals surface area contributed by atoms with Crippen molar-refractivity contribution in [1.82, 2.24) is 0 Å². The third-order valence-corrected chi connectivity index (χ3v) is 4.36. The van der Waals surface area contributed by atoms with Gasteiger partial charge in [-0.15, -0.1) is 0 Å². The zero-order chi connectivity index (χ0) is 19.9. The summed E-state index contributed by atoms with van der Waals surface area (Å²) in [5.41, 5.74) is 2.26. The number of hydrogen-bond donors (Lipinski definition) is 0. The van der Waals surface area contributed by atoms with Crippen LogP contribution in [0.2, 0.25) is 0 Å². The van der Waals surface area contributed by atoms with Crippen molar-refractivity contribution in [2.24, 2.45) is 0 Å². The molecular formula is C21H21F2NO4. The Morgan fingerprint density at radius 1 is 1.11 bits per heavy atom. The Morgan fingerprint density at radius 3 is 2.46 bits per heavy atom. The zero-order valence-electron chi connectivity index (χ0n) is 15.4. The summed E-state index contributed by atoms with van der Waals surface area (Å²) in [6.07, 6.45) is 3.04. The van der Waals surface area contributed by atoms with Crippen molar-refractivity contribution >= 4 is 17.5 Å². The van der Waals surface area contributed by atoms with E-state index in [-0.39, 0.29) is 17.3 Å². The fourth-order valence-corrected chi connectivity index (χ4v) is 2.91. The number of carbonyl (C=O) groups excluding carboxylic acids is 1. The van der Waals surface area contributed by atoms with Gasteiger partial charge in [0.15, 0.2) is 17.3 Å². The number of methoxy groups -OCH3 is 1. The second kappa shape index (κ2) is 9.32. The molecule has 0 atom stereocenters. The van der Waals surface area contributed by atoms with Crippen LogP contribution in [0.4, 0.5) is 14.5 Å². The Balaban J connectivity index is 1.67. The summed E-state index contributed by atoms with van der Waals surface area (Å²) in [6, 6.07) is 11.9. The first-order valence-electron chi connectivity index (χ1n) is 8.85. The first-order chi connectivity index (χ1) is 13.6. The summed E-state index contributed by atoms with van der Waals surface area (Å²) in [6.45, 7) is 0.139. The van der Waals surface area contributed by atoms with Gasteiger partial charge in [0, 0.05) is 24.3 Å². The average Bonchev–Trinajstić information content (AvgIpc) is 2.73. The van der Waals surface area contributed by atoms with E-state index in [9.17, 15) is 13.6 Å². The number of morpholine rings is 1. The number of halogens is 2. The van der Waals surface area contributed by atoms with E-state index in [1.807, 2.05) is 12.1 Å². The highest BCUT2D eigenvalue weighted by atomic mass is 19.3. The van der Waals surface area contributed by atoms with E-state index >= 15 is 0 Å². The number of hydrogen-bond acceptors (Lipinski definition) is 5. The molecular weight excluding hydrogens is 368 g/mol. The van der Waals surface area contributed by atoms with Crippen LogP contribution in [0.5, 0.6) is 11.5 Å². The van der Waals surface area contributed by atoms with Gasteiger partial charge < -0.3 is 19.1 Å². The summed E-state index contributed by atoms with van der Waals surface area (Å²) < 4.78 is 39.5. The van der Waals surface area contributed by atoms with Crippen molar-refractivity contribution in [3.05, 3.63) is 59.7 Å². The van der Waals surface area contributed by atoms with Gasteiger partial charge >= 0.3 is 6.61 Å². The van der Waals surface area contributed by atoms with Crippen LogP contribution >= 0.6 is 0 Å². The normalized spacial score (nSPS) is 14.5. The van der Waals surface area contributed by atoms with Gasteiger partial charge in [-0.1, -0.05) is 12.1 Å². The zero-order valence-corrected chi connectivity index (χ0v) is 15.4. The van der Waals surface area contributed by atoms with Crippen LogP contribution in [0.1, 0.15) is 15.9 Å². The number of alkyl halides is 2. The first kappa shape index (κ1) is 19.8. The smallest absolute Gasteiger partial charge is 0.387 e. The number of carbonyl (C=O) groups is 1. The minimum absolute atomic E-state index is 0.0559. The van der Waals surface area contributed by atoms with Crippen molar-refractivity contribution in [3.63, 3.8) is 0 Å². The molecule has 0 unspecified atom stereocenters. The van der Waals surface area contributed by atoms with Gasteiger partial charge in [-0.2, -0.15) is 8.78 Å². The van der Waals surface area contributed by atoms with Crippen LogP contribution in [-0.4, -0.2) is 45.8 Å². The molecule has 1 aliphatic rings. The highest BCUT2D eigenvalue weighted by Crippen LogP contribution is 2.30. The lowest BCUT2D eigenvalue weighted by Gasteiger charge is -2.28. The number of nitrogens with zero attached hydrogens (tertiary/aromatic N) is 1. The van der Waals surface area contributed by atoms with Crippen LogP contribution in [-0.2, 0) is 4.74 Å². The Kier molecular flexibility index (Phi) is 6.60. The van der Waals surface area contributed by atoms with Crippen molar-refractivity contribution in [2.75, 3.05) is 38.3 Å². The summed E-state index contributed by atoms with van der Waals surface area (Å²) >= 11 is 0. The number of ether oxygens (including phenoxy) is 3.